The maximum Gasteiger partial charge on any atom is 0.141 e. The van der Waals surface area contributed by atoms with Gasteiger partial charge in [-0.2, -0.15) is 0 Å². The quantitative estimate of drug-likeness (QED) is 0.594. The van der Waals surface area contributed by atoms with Crippen molar-refractivity contribution in [1.29, 1.82) is 0 Å². The second kappa shape index (κ2) is 4.15. The van der Waals surface area contributed by atoms with Crippen molar-refractivity contribution in [3.05, 3.63) is 48.0 Å². The lowest BCUT2D eigenvalue weighted by Crippen LogP contribution is -1.97. The largest absolute Gasteiger partial charge is 0.455 e. The Morgan fingerprint density at radius 3 is 2.69 bits per heavy atom. The first kappa shape index (κ1) is 10.2. The van der Waals surface area contributed by atoms with Gasteiger partial charge in [-0.15, -0.1) is 0 Å². The van der Waals surface area contributed by atoms with Crippen LogP contribution in [-0.2, 0) is 5.33 Å². The summed E-state index contributed by atoms with van der Waals surface area (Å²) in [6.07, 6.45) is 0. The zero-order valence-electron chi connectivity index (χ0n) is 8.44. The van der Waals surface area contributed by atoms with Gasteiger partial charge in [0.1, 0.15) is 11.5 Å². The molecule has 1 aliphatic rings. The van der Waals surface area contributed by atoms with Gasteiger partial charge in [-0.1, -0.05) is 52.0 Å². The Hall–Kier alpha value is -0.930. The minimum absolute atomic E-state index is 0.856. The van der Waals surface area contributed by atoms with E-state index in [0.717, 1.165) is 16.8 Å². The molecule has 0 bridgehead atoms. The third kappa shape index (κ3) is 1.64. The maximum absolute atomic E-state index is 5.88. The zero-order valence-corrected chi connectivity index (χ0v) is 10.8. The number of alkyl halides is 1. The summed E-state index contributed by atoms with van der Waals surface area (Å²) in [6.45, 7) is 0. The molecule has 1 heterocycles. The van der Waals surface area contributed by atoms with Gasteiger partial charge in [0.25, 0.3) is 0 Å². The van der Waals surface area contributed by atoms with Crippen LogP contribution in [0.2, 0.25) is 0 Å². The molecule has 16 heavy (non-hydrogen) atoms. The van der Waals surface area contributed by atoms with Crippen LogP contribution in [0.15, 0.2) is 52.3 Å². The highest BCUT2D eigenvalue weighted by atomic mass is 79.9. The van der Waals surface area contributed by atoms with Crippen molar-refractivity contribution in [1.82, 2.24) is 0 Å². The zero-order chi connectivity index (χ0) is 11.0. The van der Waals surface area contributed by atoms with Crippen molar-refractivity contribution in [3.63, 3.8) is 0 Å². The van der Waals surface area contributed by atoms with Crippen LogP contribution in [0.3, 0.4) is 0 Å². The molecule has 0 amide bonds. The van der Waals surface area contributed by atoms with E-state index in [0.29, 0.717) is 0 Å². The minimum atomic E-state index is 0.856. The van der Waals surface area contributed by atoms with Crippen molar-refractivity contribution in [2.45, 2.75) is 15.1 Å². The first-order valence-corrected chi connectivity index (χ1v) is 6.95. The highest BCUT2D eigenvalue weighted by Gasteiger charge is 2.19. The maximum atomic E-state index is 5.88. The number of hydrogen-bond acceptors (Lipinski definition) is 2. The van der Waals surface area contributed by atoms with Gasteiger partial charge in [0.2, 0.25) is 0 Å². The molecule has 1 aliphatic heterocycles. The first-order valence-electron chi connectivity index (χ1n) is 5.01. The van der Waals surface area contributed by atoms with Crippen LogP contribution in [0, 0.1) is 0 Å². The normalized spacial score (nSPS) is 12.6. The Morgan fingerprint density at radius 1 is 1.00 bits per heavy atom. The standard InChI is InChI=1S/C13H9BrOS/c14-8-9-4-3-6-11-13(9)16-12-7-2-1-5-10(12)15-11/h1-7H,8H2. The monoisotopic (exact) mass is 292 g/mol. The Morgan fingerprint density at radius 2 is 1.81 bits per heavy atom. The Balaban J connectivity index is 2.12. The van der Waals surface area contributed by atoms with E-state index < -0.39 is 0 Å². The van der Waals surface area contributed by atoms with E-state index in [1.807, 2.05) is 30.3 Å². The second-order valence-electron chi connectivity index (χ2n) is 3.53. The average molecular weight is 293 g/mol. The molecule has 1 nitrogen and oxygen atoms in total. The van der Waals surface area contributed by atoms with Crippen LogP contribution in [0.5, 0.6) is 11.5 Å². The van der Waals surface area contributed by atoms with Gasteiger partial charge in [0.05, 0.1) is 9.79 Å². The molecule has 0 spiro atoms. The second-order valence-corrected chi connectivity index (χ2v) is 5.14. The molecule has 3 heteroatoms. The van der Waals surface area contributed by atoms with Gasteiger partial charge in [-0.3, -0.25) is 0 Å². The van der Waals surface area contributed by atoms with Crippen molar-refractivity contribution in [2.75, 3.05) is 0 Å². The van der Waals surface area contributed by atoms with Crippen LogP contribution in [0.1, 0.15) is 5.56 Å². The van der Waals surface area contributed by atoms with E-state index in [1.54, 1.807) is 11.8 Å². The summed E-state index contributed by atoms with van der Waals surface area (Å²) in [5, 5.41) is 0.856. The summed E-state index contributed by atoms with van der Waals surface area (Å²) in [4.78, 5) is 2.40. The van der Waals surface area contributed by atoms with Gasteiger partial charge >= 0.3 is 0 Å². The summed E-state index contributed by atoms with van der Waals surface area (Å²) in [7, 11) is 0. The topological polar surface area (TPSA) is 9.23 Å². The fraction of sp³-hybridized carbons (Fsp3) is 0.0769. The van der Waals surface area contributed by atoms with E-state index >= 15 is 0 Å². The van der Waals surface area contributed by atoms with Crippen molar-refractivity contribution >= 4 is 27.7 Å². The van der Waals surface area contributed by atoms with Crippen LogP contribution >= 0.6 is 27.7 Å². The van der Waals surface area contributed by atoms with E-state index in [2.05, 4.69) is 28.1 Å². The number of para-hydroxylation sites is 1. The smallest absolute Gasteiger partial charge is 0.141 e. The molecule has 0 fully saturated rings. The highest BCUT2D eigenvalue weighted by Crippen LogP contribution is 2.48. The minimum Gasteiger partial charge on any atom is -0.455 e. The molecule has 0 unspecified atom stereocenters. The van der Waals surface area contributed by atoms with Gasteiger partial charge < -0.3 is 4.74 Å². The van der Waals surface area contributed by atoms with Crippen molar-refractivity contribution < 1.29 is 4.74 Å². The summed E-state index contributed by atoms with van der Waals surface area (Å²) < 4.78 is 5.88. The van der Waals surface area contributed by atoms with E-state index in [9.17, 15) is 0 Å². The molecular formula is C13H9BrOS. The van der Waals surface area contributed by atoms with Gasteiger partial charge in [0.15, 0.2) is 0 Å². The van der Waals surface area contributed by atoms with Gasteiger partial charge in [0, 0.05) is 5.33 Å². The van der Waals surface area contributed by atoms with Crippen molar-refractivity contribution in [3.8, 4) is 11.5 Å². The highest BCUT2D eigenvalue weighted by molar-refractivity contribution is 9.08. The Labute approximate surface area is 107 Å². The number of halogens is 1. The molecule has 0 radical (unpaired) electrons. The fourth-order valence-electron chi connectivity index (χ4n) is 1.71. The van der Waals surface area contributed by atoms with Crippen molar-refractivity contribution in [2.24, 2.45) is 0 Å². The summed E-state index contributed by atoms with van der Waals surface area (Å²) >= 11 is 5.29. The molecule has 2 aromatic carbocycles. The molecular weight excluding hydrogens is 284 g/mol. The molecule has 0 atom stereocenters. The van der Waals surface area contributed by atoms with Gasteiger partial charge in [-0.05, 0) is 23.8 Å². The molecule has 80 valence electrons. The predicted octanol–water partition coefficient (Wildman–Crippen LogP) is 4.84. The number of hydrogen-bond donors (Lipinski definition) is 0. The lowest BCUT2D eigenvalue weighted by atomic mass is 10.2. The average Bonchev–Trinajstić information content (AvgIpc) is 2.35. The molecule has 2 aromatic rings. The molecule has 0 aliphatic carbocycles. The molecule has 0 saturated carbocycles. The predicted molar refractivity (Wildman–Crippen MR) is 69.7 cm³/mol. The number of rotatable bonds is 1. The van der Waals surface area contributed by atoms with E-state index in [4.69, 9.17) is 4.74 Å². The first-order chi connectivity index (χ1) is 7.88. The number of ether oxygens (including phenoxy) is 1. The van der Waals surface area contributed by atoms with Gasteiger partial charge in [-0.25, -0.2) is 0 Å². The van der Waals surface area contributed by atoms with Crippen LogP contribution in [0.25, 0.3) is 0 Å². The Bertz CT molecular complexity index is 539. The molecule has 0 saturated heterocycles. The molecule has 0 N–H and O–H groups in total. The Kier molecular flexibility index (Phi) is 2.65. The summed E-state index contributed by atoms with van der Waals surface area (Å²) in [6, 6.07) is 14.3. The summed E-state index contributed by atoms with van der Waals surface area (Å²) in [5.74, 6) is 1.91. The molecule has 0 aromatic heterocycles. The summed E-state index contributed by atoms with van der Waals surface area (Å²) in [5.41, 5.74) is 1.28. The lowest BCUT2D eigenvalue weighted by molar-refractivity contribution is 0.453. The fourth-order valence-corrected chi connectivity index (χ4v) is 3.42. The van der Waals surface area contributed by atoms with Crippen LogP contribution < -0.4 is 4.74 Å². The number of benzene rings is 2. The SMILES string of the molecule is BrCc1cccc2c1Sc1ccccc1O2. The third-order valence-corrected chi connectivity index (χ3v) is 4.31. The lowest BCUT2D eigenvalue weighted by Gasteiger charge is -2.21. The van der Waals surface area contributed by atoms with E-state index in [1.165, 1.54) is 15.4 Å². The molecule has 3 rings (SSSR count). The van der Waals surface area contributed by atoms with Crippen LogP contribution in [-0.4, -0.2) is 0 Å². The van der Waals surface area contributed by atoms with E-state index in [-0.39, 0.29) is 0 Å². The van der Waals surface area contributed by atoms with Crippen LogP contribution in [0.4, 0.5) is 0 Å². The third-order valence-electron chi connectivity index (χ3n) is 2.49. The number of fused-ring (bicyclic) bond motifs is 2.